The molecule has 11 nitrogen and oxygen atoms in total. The zero-order valence-electron chi connectivity index (χ0n) is 21.6. The Morgan fingerprint density at radius 1 is 1.18 bits per heavy atom. The highest BCUT2D eigenvalue weighted by Gasteiger charge is 2.51. The molecule has 196 valence electrons. The first-order chi connectivity index (χ1) is 18.2. The summed E-state index contributed by atoms with van der Waals surface area (Å²) in [4.78, 5) is 13.5. The number of aryl methyl sites for hydroxylation is 1. The summed E-state index contributed by atoms with van der Waals surface area (Å²) in [5.74, 6) is 2.23. The van der Waals surface area contributed by atoms with Crippen LogP contribution in [0.4, 0.5) is 11.8 Å². The molecule has 12 heteroatoms. The lowest BCUT2D eigenvalue weighted by atomic mass is 9.64. The highest BCUT2D eigenvalue weighted by molar-refractivity contribution is 6.36. The van der Waals surface area contributed by atoms with Gasteiger partial charge >= 0.3 is 0 Å². The van der Waals surface area contributed by atoms with Gasteiger partial charge in [-0.05, 0) is 12.8 Å². The smallest absolute Gasteiger partial charge is 0.210 e. The van der Waals surface area contributed by atoms with Gasteiger partial charge < -0.3 is 19.4 Å². The van der Waals surface area contributed by atoms with Gasteiger partial charge in [-0.3, -0.25) is 4.68 Å². The molecule has 1 saturated heterocycles. The van der Waals surface area contributed by atoms with Crippen LogP contribution >= 0.6 is 11.6 Å². The van der Waals surface area contributed by atoms with Crippen LogP contribution < -0.4 is 10.1 Å². The van der Waals surface area contributed by atoms with Gasteiger partial charge in [0.1, 0.15) is 10.5 Å². The minimum atomic E-state index is -0.0523. The van der Waals surface area contributed by atoms with E-state index in [2.05, 4.69) is 56.9 Å². The van der Waals surface area contributed by atoms with E-state index >= 15 is 0 Å². The monoisotopic (exact) mass is 533 g/mol. The van der Waals surface area contributed by atoms with E-state index in [1.54, 1.807) is 29.3 Å². The molecule has 0 radical (unpaired) electrons. The zero-order chi connectivity index (χ0) is 26.2. The maximum absolute atomic E-state index is 6.79. The van der Waals surface area contributed by atoms with Crippen molar-refractivity contribution in [3.63, 3.8) is 0 Å². The van der Waals surface area contributed by atoms with E-state index in [4.69, 9.17) is 26.2 Å². The third-order valence-corrected chi connectivity index (χ3v) is 7.86. The number of halogens is 1. The number of aromatic nitrogens is 8. The lowest BCUT2D eigenvalue weighted by molar-refractivity contribution is -0.176. The summed E-state index contributed by atoms with van der Waals surface area (Å²) in [6, 6.07) is 4.31. The molecule has 38 heavy (non-hydrogen) atoms. The van der Waals surface area contributed by atoms with E-state index in [1.807, 2.05) is 17.7 Å². The summed E-state index contributed by atoms with van der Waals surface area (Å²) in [5, 5.41) is 13.0. The Kier molecular flexibility index (Phi) is 5.02. The Morgan fingerprint density at radius 3 is 2.74 bits per heavy atom. The van der Waals surface area contributed by atoms with E-state index in [0.29, 0.717) is 45.1 Å². The van der Waals surface area contributed by atoms with Gasteiger partial charge in [0.2, 0.25) is 5.95 Å². The van der Waals surface area contributed by atoms with Crippen molar-refractivity contribution in [1.29, 1.82) is 0 Å². The SMILES string of the molecule is Cn1c(Nc2cc(C(C)(C)C)n(C3CC4(COC4)C3)n2)nc2ncc(Oc3cnc4ccnn4c3)c(Cl)c21. The second kappa shape index (κ2) is 8.15. The Balaban J connectivity index is 1.18. The number of pyridine rings is 1. The van der Waals surface area contributed by atoms with Crippen molar-refractivity contribution in [1.82, 2.24) is 38.9 Å². The van der Waals surface area contributed by atoms with Gasteiger partial charge in [-0.2, -0.15) is 15.2 Å². The minimum absolute atomic E-state index is 0.0523. The fourth-order valence-electron chi connectivity index (χ4n) is 5.42. The molecule has 5 aromatic rings. The summed E-state index contributed by atoms with van der Waals surface area (Å²) in [5.41, 5.74) is 3.39. The van der Waals surface area contributed by atoms with Crippen LogP contribution in [0.25, 0.3) is 16.8 Å². The fraction of sp³-hybridized carbons (Fsp3) is 0.423. The Labute approximate surface area is 223 Å². The molecule has 0 atom stereocenters. The largest absolute Gasteiger partial charge is 0.451 e. The van der Waals surface area contributed by atoms with Gasteiger partial charge in [-0.1, -0.05) is 32.4 Å². The first-order valence-corrected chi connectivity index (χ1v) is 13.0. The third-order valence-electron chi connectivity index (χ3n) is 7.50. The van der Waals surface area contributed by atoms with Crippen molar-refractivity contribution in [2.24, 2.45) is 12.5 Å². The number of imidazole rings is 1. The molecule has 0 bridgehead atoms. The average Bonchev–Trinajstić information content (AvgIpc) is 3.52. The highest BCUT2D eigenvalue weighted by Crippen LogP contribution is 2.53. The van der Waals surface area contributed by atoms with E-state index in [1.165, 1.54) is 5.69 Å². The summed E-state index contributed by atoms with van der Waals surface area (Å²) < 4.78 is 17.2. The van der Waals surface area contributed by atoms with Crippen molar-refractivity contribution in [2.45, 2.75) is 45.1 Å². The molecule has 0 amide bonds. The van der Waals surface area contributed by atoms with Crippen LogP contribution in [0, 0.1) is 5.41 Å². The average molecular weight is 534 g/mol. The molecule has 6 heterocycles. The Bertz CT molecular complexity index is 1680. The predicted molar refractivity (Wildman–Crippen MR) is 142 cm³/mol. The number of fused-ring (bicyclic) bond motifs is 2. The van der Waals surface area contributed by atoms with Crippen molar-refractivity contribution in [3.05, 3.63) is 47.6 Å². The summed E-state index contributed by atoms with van der Waals surface area (Å²) in [6.45, 7) is 8.38. The van der Waals surface area contributed by atoms with Crippen LogP contribution in [0.1, 0.15) is 45.3 Å². The predicted octanol–water partition coefficient (Wildman–Crippen LogP) is 5.05. The van der Waals surface area contributed by atoms with Gasteiger partial charge in [0.15, 0.2) is 28.6 Å². The first kappa shape index (κ1) is 23.4. The standard InChI is InChI=1S/C26H28ClN9O2/c1-25(2,3)18-7-19(33-36(18)15-8-26(9-15)13-37-14-26)31-24-32-23-22(34(24)4)21(27)17(11-29-23)38-16-10-28-20-5-6-30-35(20)12-16/h5-7,10-12,15H,8-9,13-14H2,1-4H3,(H,29,31,32,33). The molecule has 0 unspecified atom stereocenters. The lowest BCUT2D eigenvalue weighted by Crippen LogP contribution is -2.53. The molecular formula is C26H28ClN9O2. The van der Waals surface area contributed by atoms with Gasteiger partial charge in [-0.25, -0.2) is 14.5 Å². The molecule has 1 N–H and O–H groups in total. The van der Waals surface area contributed by atoms with Crippen molar-refractivity contribution >= 4 is 40.2 Å². The number of ether oxygens (including phenoxy) is 2. The zero-order valence-corrected chi connectivity index (χ0v) is 22.4. The van der Waals surface area contributed by atoms with E-state index in [0.717, 1.165) is 37.5 Å². The summed E-state index contributed by atoms with van der Waals surface area (Å²) in [7, 11) is 1.89. The second-order valence-corrected chi connectivity index (χ2v) is 11.8. The van der Waals surface area contributed by atoms with Crippen molar-refractivity contribution < 1.29 is 9.47 Å². The molecule has 1 aliphatic heterocycles. The highest BCUT2D eigenvalue weighted by atomic mass is 35.5. The van der Waals surface area contributed by atoms with Gasteiger partial charge in [-0.15, -0.1) is 0 Å². The first-order valence-electron chi connectivity index (χ1n) is 12.6. The number of nitrogens with one attached hydrogen (secondary N) is 1. The molecule has 1 aliphatic carbocycles. The maximum Gasteiger partial charge on any atom is 0.210 e. The number of hydrogen-bond donors (Lipinski definition) is 1. The lowest BCUT2D eigenvalue weighted by Gasteiger charge is -2.53. The van der Waals surface area contributed by atoms with Crippen LogP contribution in [0.5, 0.6) is 11.5 Å². The number of anilines is 2. The molecule has 5 aromatic heterocycles. The van der Waals surface area contributed by atoms with Gasteiger partial charge in [0, 0.05) is 35.7 Å². The van der Waals surface area contributed by atoms with Crippen molar-refractivity contribution in [3.8, 4) is 11.5 Å². The van der Waals surface area contributed by atoms with Crippen LogP contribution in [-0.2, 0) is 17.2 Å². The van der Waals surface area contributed by atoms with E-state index in [9.17, 15) is 0 Å². The molecule has 7 rings (SSSR count). The quantitative estimate of drug-likeness (QED) is 0.334. The Morgan fingerprint density at radius 2 is 2.00 bits per heavy atom. The van der Waals surface area contributed by atoms with Crippen LogP contribution in [0.2, 0.25) is 5.02 Å². The molecule has 2 fully saturated rings. The number of nitrogens with zero attached hydrogens (tertiary/aromatic N) is 8. The third kappa shape index (κ3) is 3.71. The summed E-state index contributed by atoms with van der Waals surface area (Å²) >= 11 is 6.79. The molecule has 0 aromatic carbocycles. The Hall–Kier alpha value is -3.70. The van der Waals surface area contributed by atoms with Crippen LogP contribution in [0.3, 0.4) is 0 Å². The van der Waals surface area contributed by atoms with Crippen LogP contribution in [0.15, 0.2) is 36.9 Å². The van der Waals surface area contributed by atoms with E-state index in [-0.39, 0.29) is 5.41 Å². The second-order valence-electron chi connectivity index (χ2n) is 11.4. The maximum atomic E-state index is 6.79. The number of rotatable bonds is 5. The van der Waals surface area contributed by atoms with Crippen molar-refractivity contribution in [2.75, 3.05) is 18.5 Å². The van der Waals surface area contributed by atoms with E-state index < -0.39 is 0 Å². The van der Waals surface area contributed by atoms with Crippen LogP contribution in [-0.4, -0.2) is 52.1 Å². The topological polar surface area (TPSA) is 109 Å². The minimum Gasteiger partial charge on any atom is -0.451 e. The molecule has 1 saturated carbocycles. The molecule has 2 aliphatic rings. The van der Waals surface area contributed by atoms with Gasteiger partial charge in [0.05, 0.1) is 44.0 Å². The fourth-order valence-corrected chi connectivity index (χ4v) is 5.71. The summed E-state index contributed by atoms with van der Waals surface area (Å²) in [6.07, 6.45) is 8.82. The molecular weight excluding hydrogens is 506 g/mol. The normalized spacial score (nSPS) is 17.2. The number of hydrogen-bond acceptors (Lipinski definition) is 8. The van der Waals surface area contributed by atoms with Gasteiger partial charge in [0.25, 0.3) is 0 Å². The molecule has 1 spiro atoms.